The van der Waals surface area contributed by atoms with Crippen LogP contribution in [0.5, 0.6) is 17.2 Å². The van der Waals surface area contributed by atoms with Crippen LogP contribution in [-0.4, -0.2) is 55.4 Å². The maximum absolute atomic E-state index is 12.7. The van der Waals surface area contributed by atoms with Crippen molar-refractivity contribution in [2.24, 2.45) is 0 Å². The van der Waals surface area contributed by atoms with Gasteiger partial charge in [0.05, 0.1) is 25.4 Å². The molecule has 8 nitrogen and oxygen atoms in total. The Hall–Kier alpha value is -3.68. The molecule has 0 spiro atoms. The molecule has 0 aliphatic carbocycles. The van der Waals surface area contributed by atoms with Crippen LogP contribution in [0.4, 0.5) is 10.5 Å². The largest absolute Gasteiger partial charge is 0.497 e. The van der Waals surface area contributed by atoms with Crippen LogP contribution in [0, 0.1) is 0 Å². The lowest BCUT2D eigenvalue weighted by atomic mass is 10.1. The highest BCUT2D eigenvalue weighted by Gasteiger charge is 2.32. The maximum atomic E-state index is 12.7. The Morgan fingerprint density at radius 3 is 2.50 bits per heavy atom. The fourth-order valence-corrected chi connectivity index (χ4v) is 3.84. The maximum Gasteiger partial charge on any atom is 0.410 e. The highest BCUT2D eigenvalue weighted by atomic mass is 16.6. The number of nitrogens with zero attached hydrogens (tertiary/aromatic N) is 1. The molecule has 1 aliphatic rings. The van der Waals surface area contributed by atoms with Crippen molar-refractivity contribution in [1.29, 1.82) is 0 Å². The van der Waals surface area contributed by atoms with Crippen molar-refractivity contribution in [3.63, 3.8) is 0 Å². The summed E-state index contributed by atoms with van der Waals surface area (Å²) in [5.41, 5.74) is 1.02. The zero-order valence-electron chi connectivity index (χ0n) is 21.7. The van der Waals surface area contributed by atoms with E-state index < -0.39 is 11.6 Å². The number of esters is 1. The van der Waals surface area contributed by atoms with Crippen molar-refractivity contribution in [3.05, 3.63) is 54.1 Å². The van der Waals surface area contributed by atoms with Crippen LogP contribution in [-0.2, 0) is 14.3 Å². The minimum atomic E-state index is -0.538. The van der Waals surface area contributed by atoms with Crippen LogP contribution in [0.25, 0.3) is 6.08 Å². The van der Waals surface area contributed by atoms with Crippen LogP contribution in [0.1, 0.15) is 46.1 Å². The second-order valence-corrected chi connectivity index (χ2v) is 9.47. The molecule has 1 fully saturated rings. The summed E-state index contributed by atoms with van der Waals surface area (Å²) in [6.45, 7) is 8.92. The van der Waals surface area contributed by atoms with E-state index in [9.17, 15) is 9.59 Å². The Bertz CT molecular complexity index is 1060. The number of carbonyl (C=O) groups excluding carboxylic acids is 2. The van der Waals surface area contributed by atoms with Gasteiger partial charge in [0.15, 0.2) is 5.75 Å². The second-order valence-electron chi connectivity index (χ2n) is 9.47. The molecule has 2 aromatic carbocycles. The smallest absolute Gasteiger partial charge is 0.410 e. The molecule has 1 aliphatic heterocycles. The van der Waals surface area contributed by atoms with Gasteiger partial charge in [0.2, 0.25) is 0 Å². The highest BCUT2D eigenvalue weighted by molar-refractivity contribution is 5.87. The Labute approximate surface area is 213 Å². The molecule has 1 N–H and O–H groups in total. The topological polar surface area (TPSA) is 86.3 Å². The van der Waals surface area contributed by atoms with Crippen molar-refractivity contribution in [3.8, 4) is 17.2 Å². The average molecular weight is 497 g/mol. The third kappa shape index (κ3) is 7.93. The fraction of sp³-hybridized carbons (Fsp3) is 0.429. The van der Waals surface area contributed by atoms with E-state index >= 15 is 0 Å². The summed E-state index contributed by atoms with van der Waals surface area (Å²) in [5.74, 6) is 1.56. The summed E-state index contributed by atoms with van der Waals surface area (Å²) in [6, 6.07) is 12.9. The van der Waals surface area contributed by atoms with Crippen LogP contribution < -0.4 is 14.8 Å². The molecule has 0 unspecified atom stereocenters. The van der Waals surface area contributed by atoms with Crippen LogP contribution in [0.3, 0.4) is 0 Å². The SMILES string of the molecule is CCOC(=O)/C=C/c1ccc(NC[C@@H]2CCCN2C(=O)OC(C)(C)C)c(Oc2ccc(OC)cc2)c1. The molecule has 8 heteroatoms. The van der Waals surface area contributed by atoms with Crippen molar-refractivity contribution >= 4 is 23.8 Å². The van der Waals surface area contributed by atoms with Gasteiger partial charge in [-0.3, -0.25) is 0 Å². The lowest BCUT2D eigenvalue weighted by molar-refractivity contribution is -0.137. The predicted molar refractivity (Wildman–Crippen MR) is 140 cm³/mol. The van der Waals surface area contributed by atoms with Gasteiger partial charge in [-0.05, 0) is 88.6 Å². The molecular weight excluding hydrogens is 460 g/mol. The molecular formula is C28H36N2O6. The van der Waals surface area contributed by atoms with E-state index in [2.05, 4.69) is 5.32 Å². The van der Waals surface area contributed by atoms with E-state index in [1.807, 2.05) is 63.2 Å². The Morgan fingerprint density at radius 2 is 1.83 bits per heavy atom. The monoisotopic (exact) mass is 496 g/mol. The molecule has 0 aromatic heterocycles. The summed E-state index contributed by atoms with van der Waals surface area (Å²) in [7, 11) is 1.61. The summed E-state index contributed by atoms with van der Waals surface area (Å²) in [5, 5.41) is 3.44. The second kappa shape index (κ2) is 12.3. The van der Waals surface area contributed by atoms with E-state index in [1.54, 1.807) is 25.0 Å². The average Bonchev–Trinajstić information content (AvgIpc) is 3.31. The summed E-state index contributed by atoms with van der Waals surface area (Å²) in [6.07, 6.45) is 4.60. The molecule has 0 bridgehead atoms. The quantitative estimate of drug-likeness (QED) is 0.343. The molecule has 0 saturated carbocycles. The molecule has 1 amide bonds. The predicted octanol–water partition coefficient (Wildman–Crippen LogP) is 5.88. The van der Waals surface area contributed by atoms with E-state index in [1.165, 1.54) is 6.08 Å². The molecule has 1 saturated heterocycles. The van der Waals surface area contributed by atoms with Gasteiger partial charge in [0.25, 0.3) is 0 Å². The van der Waals surface area contributed by atoms with Gasteiger partial charge >= 0.3 is 12.1 Å². The number of benzene rings is 2. The Balaban J connectivity index is 1.77. The molecule has 1 heterocycles. The number of amides is 1. The van der Waals surface area contributed by atoms with Crippen molar-refractivity contribution in [2.45, 2.75) is 52.2 Å². The minimum Gasteiger partial charge on any atom is -0.497 e. The zero-order valence-corrected chi connectivity index (χ0v) is 21.7. The fourth-order valence-electron chi connectivity index (χ4n) is 3.84. The van der Waals surface area contributed by atoms with Gasteiger partial charge in [0, 0.05) is 19.2 Å². The lowest BCUT2D eigenvalue weighted by Gasteiger charge is -2.29. The van der Waals surface area contributed by atoms with Gasteiger partial charge in [0.1, 0.15) is 17.1 Å². The van der Waals surface area contributed by atoms with Crippen LogP contribution in [0.2, 0.25) is 0 Å². The third-order valence-electron chi connectivity index (χ3n) is 5.52. The lowest BCUT2D eigenvalue weighted by Crippen LogP contribution is -2.42. The van der Waals surface area contributed by atoms with Crippen LogP contribution in [0.15, 0.2) is 48.5 Å². The number of ether oxygens (including phenoxy) is 4. The first-order valence-corrected chi connectivity index (χ1v) is 12.2. The van der Waals surface area contributed by atoms with E-state index in [0.29, 0.717) is 31.2 Å². The number of hydrogen-bond donors (Lipinski definition) is 1. The van der Waals surface area contributed by atoms with Gasteiger partial charge in [-0.1, -0.05) is 6.07 Å². The Kier molecular flexibility index (Phi) is 9.22. The number of rotatable bonds is 9. The van der Waals surface area contributed by atoms with Crippen molar-refractivity contribution in [2.75, 3.05) is 32.1 Å². The van der Waals surface area contributed by atoms with E-state index in [-0.39, 0.29) is 12.1 Å². The van der Waals surface area contributed by atoms with Gasteiger partial charge in [-0.15, -0.1) is 0 Å². The highest BCUT2D eigenvalue weighted by Crippen LogP contribution is 2.33. The Morgan fingerprint density at radius 1 is 1.11 bits per heavy atom. The third-order valence-corrected chi connectivity index (χ3v) is 5.52. The molecule has 36 heavy (non-hydrogen) atoms. The summed E-state index contributed by atoms with van der Waals surface area (Å²) >= 11 is 0. The zero-order chi connectivity index (χ0) is 26.1. The first-order chi connectivity index (χ1) is 17.2. The van der Waals surface area contributed by atoms with Gasteiger partial charge in [-0.2, -0.15) is 0 Å². The molecule has 0 radical (unpaired) electrons. The summed E-state index contributed by atoms with van der Waals surface area (Å²) in [4.78, 5) is 26.2. The number of hydrogen-bond acceptors (Lipinski definition) is 7. The van der Waals surface area contributed by atoms with Crippen LogP contribution >= 0.6 is 0 Å². The molecule has 194 valence electrons. The summed E-state index contributed by atoms with van der Waals surface area (Å²) < 4.78 is 22.0. The van der Waals surface area contributed by atoms with E-state index in [4.69, 9.17) is 18.9 Å². The normalized spacial score (nSPS) is 15.6. The van der Waals surface area contributed by atoms with Crippen molar-refractivity contribution in [1.82, 2.24) is 4.90 Å². The minimum absolute atomic E-state index is 0.0112. The first kappa shape index (κ1) is 26.9. The number of anilines is 1. The number of methoxy groups -OCH3 is 1. The van der Waals surface area contributed by atoms with Gasteiger partial charge in [-0.25, -0.2) is 9.59 Å². The molecule has 2 aromatic rings. The molecule has 3 rings (SSSR count). The number of carbonyl (C=O) groups is 2. The first-order valence-electron chi connectivity index (χ1n) is 12.2. The standard InChI is InChI=1S/C28H36N2O6/c1-6-34-26(31)16-10-20-9-15-24(25(18-20)35-23-13-11-22(33-5)12-14-23)29-19-21-8-7-17-30(21)27(32)36-28(2,3)4/h9-16,18,21,29H,6-8,17,19H2,1-5H3/b16-10+/t21-/m0/s1. The van der Waals surface area contributed by atoms with Crippen molar-refractivity contribution < 1.29 is 28.5 Å². The van der Waals surface area contributed by atoms with E-state index in [0.717, 1.165) is 29.8 Å². The van der Waals surface area contributed by atoms with Gasteiger partial charge < -0.3 is 29.2 Å². The number of nitrogens with one attached hydrogen (secondary N) is 1. The molecule has 1 atom stereocenters. The number of likely N-dealkylation sites (tertiary alicyclic amines) is 1.